The van der Waals surface area contributed by atoms with E-state index in [0.717, 1.165) is 42.5 Å². The van der Waals surface area contributed by atoms with Crippen LogP contribution in [0.15, 0.2) is 30.6 Å². The molecule has 2 aromatic rings. The molecule has 6 nitrogen and oxygen atoms in total. The van der Waals surface area contributed by atoms with Gasteiger partial charge in [0.05, 0.1) is 5.52 Å². The minimum Gasteiger partial charge on any atom is -0.382 e. The highest BCUT2D eigenvalue weighted by Crippen LogP contribution is 2.29. The lowest BCUT2D eigenvalue weighted by molar-refractivity contribution is -0.122. The number of nitrogens with zero attached hydrogens (tertiary/aromatic N) is 3. The molecule has 0 aliphatic carbocycles. The maximum atomic E-state index is 12.6. The topological polar surface area (TPSA) is 67.3 Å². The van der Waals surface area contributed by atoms with Gasteiger partial charge in [0.15, 0.2) is 0 Å². The van der Waals surface area contributed by atoms with E-state index in [1.54, 1.807) is 6.33 Å². The molecule has 0 spiro atoms. The molecule has 0 radical (unpaired) electrons. The van der Waals surface area contributed by atoms with Gasteiger partial charge in [0.2, 0.25) is 5.91 Å². The number of carbonyl (C=O) groups is 1. The average molecular weight is 328 g/mol. The number of para-hydroxylation sites is 1. The fourth-order valence-corrected chi connectivity index (χ4v) is 3.16. The summed E-state index contributed by atoms with van der Waals surface area (Å²) in [5.41, 5.74) is 0.908. The molecule has 1 aromatic carbocycles. The van der Waals surface area contributed by atoms with E-state index < -0.39 is 0 Å². The summed E-state index contributed by atoms with van der Waals surface area (Å²) < 4.78 is 5.30. The summed E-state index contributed by atoms with van der Waals surface area (Å²) in [6.07, 6.45) is 4.26. The van der Waals surface area contributed by atoms with Crippen molar-refractivity contribution in [2.75, 3.05) is 31.2 Å². The van der Waals surface area contributed by atoms with Gasteiger partial charge in [0.25, 0.3) is 0 Å². The quantitative estimate of drug-likeness (QED) is 0.789. The number of hydrogen-bond acceptors (Lipinski definition) is 5. The van der Waals surface area contributed by atoms with Crippen LogP contribution >= 0.6 is 0 Å². The summed E-state index contributed by atoms with van der Waals surface area (Å²) in [4.78, 5) is 23.4. The Kier molecular flexibility index (Phi) is 5.59. The fraction of sp³-hybridized carbons (Fsp3) is 0.500. The van der Waals surface area contributed by atoms with Gasteiger partial charge in [0, 0.05) is 31.7 Å². The van der Waals surface area contributed by atoms with Crippen molar-refractivity contribution in [2.45, 2.75) is 32.2 Å². The van der Waals surface area contributed by atoms with Gasteiger partial charge in [-0.3, -0.25) is 4.79 Å². The van der Waals surface area contributed by atoms with Crippen LogP contribution in [0.2, 0.25) is 0 Å². The third-order valence-electron chi connectivity index (χ3n) is 4.32. The molecule has 1 saturated heterocycles. The van der Waals surface area contributed by atoms with Crippen molar-refractivity contribution in [3.05, 3.63) is 30.6 Å². The van der Waals surface area contributed by atoms with E-state index in [9.17, 15) is 4.79 Å². The summed E-state index contributed by atoms with van der Waals surface area (Å²) in [6, 6.07) is 7.77. The molecule has 1 aliphatic heterocycles. The molecule has 1 amide bonds. The first-order chi connectivity index (χ1) is 11.8. The molecule has 1 atom stereocenters. The Balaban J connectivity index is 1.69. The molecule has 1 unspecified atom stereocenters. The largest absolute Gasteiger partial charge is 0.382 e. The molecule has 0 bridgehead atoms. The van der Waals surface area contributed by atoms with Gasteiger partial charge in [-0.05, 0) is 38.3 Å². The molecule has 0 saturated carbocycles. The highest BCUT2D eigenvalue weighted by Gasteiger charge is 2.32. The van der Waals surface area contributed by atoms with Gasteiger partial charge in [-0.25, -0.2) is 9.97 Å². The van der Waals surface area contributed by atoms with Crippen molar-refractivity contribution in [1.29, 1.82) is 0 Å². The summed E-state index contributed by atoms with van der Waals surface area (Å²) in [6.45, 7) is 4.86. The van der Waals surface area contributed by atoms with Crippen molar-refractivity contribution in [2.24, 2.45) is 0 Å². The van der Waals surface area contributed by atoms with Crippen LogP contribution in [0.4, 0.5) is 5.82 Å². The van der Waals surface area contributed by atoms with E-state index in [0.29, 0.717) is 19.8 Å². The van der Waals surface area contributed by atoms with Crippen LogP contribution in [0, 0.1) is 0 Å². The van der Waals surface area contributed by atoms with E-state index in [4.69, 9.17) is 4.74 Å². The van der Waals surface area contributed by atoms with Crippen LogP contribution < -0.4 is 10.2 Å². The summed E-state index contributed by atoms with van der Waals surface area (Å²) in [7, 11) is 0. The Hall–Kier alpha value is -2.21. The first-order valence-electron chi connectivity index (χ1n) is 8.63. The average Bonchev–Trinajstić information content (AvgIpc) is 3.10. The fourth-order valence-electron chi connectivity index (χ4n) is 3.16. The molecule has 128 valence electrons. The number of aromatic nitrogens is 2. The first kappa shape index (κ1) is 16.6. The molecular formula is C18H24N4O2. The molecule has 1 fully saturated rings. The second-order valence-corrected chi connectivity index (χ2v) is 5.91. The Labute approximate surface area is 142 Å². The van der Waals surface area contributed by atoms with E-state index >= 15 is 0 Å². The monoisotopic (exact) mass is 328 g/mol. The first-order valence-corrected chi connectivity index (χ1v) is 8.63. The zero-order valence-corrected chi connectivity index (χ0v) is 14.1. The van der Waals surface area contributed by atoms with Crippen LogP contribution in [0.25, 0.3) is 10.9 Å². The molecule has 3 rings (SSSR count). The zero-order valence-electron chi connectivity index (χ0n) is 14.1. The number of ether oxygens (including phenoxy) is 1. The lowest BCUT2D eigenvalue weighted by Crippen LogP contribution is -2.44. The predicted octanol–water partition coefficient (Wildman–Crippen LogP) is 2.14. The van der Waals surface area contributed by atoms with Crippen molar-refractivity contribution >= 4 is 22.6 Å². The summed E-state index contributed by atoms with van der Waals surface area (Å²) in [5, 5.41) is 4.02. The van der Waals surface area contributed by atoms with Crippen molar-refractivity contribution in [3.63, 3.8) is 0 Å². The molecule has 1 N–H and O–H groups in total. The van der Waals surface area contributed by atoms with Crippen LogP contribution in [0.3, 0.4) is 0 Å². The van der Waals surface area contributed by atoms with Crippen LogP contribution in [-0.4, -0.2) is 48.2 Å². The summed E-state index contributed by atoms with van der Waals surface area (Å²) >= 11 is 0. The minimum absolute atomic E-state index is 0.0756. The smallest absolute Gasteiger partial charge is 0.242 e. The number of benzene rings is 1. The SMILES string of the molecule is CCOCCCNC(=O)C1CCCN1c1ncnc2ccccc12. The van der Waals surface area contributed by atoms with Gasteiger partial charge < -0.3 is 15.0 Å². The van der Waals surface area contributed by atoms with Crippen LogP contribution in [-0.2, 0) is 9.53 Å². The maximum Gasteiger partial charge on any atom is 0.242 e. The maximum absolute atomic E-state index is 12.6. The molecular weight excluding hydrogens is 304 g/mol. The van der Waals surface area contributed by atoms with E-state index in [1.807, 2.05) is 31.2 Å². The molecule has 2 heterocycles. The van der Waals surface area contributed by atoms with Gasteiger partial charge in [-0.1, -0.05) is 12.1 Å². The van der Waals surface area contributed by atoms with Crippen molar-refractivity contribution in [3.8, 4) is 0 Å². The highest BCUT2D eigenvalue weighted by atomic mass is 16.5. The van der Waals surface area contributed by atoms with E-state index in [2.05, 4.69) is 20.2 Å². The Morgan fingerprint density at radius 2 is 2.25 bits per heavy atom. The van der Waals surface area contributed by atoms with Crippen molar-refractivity contribution in [1.82, 2.24) is 15.3 Å². The van der Waals surface area contributed by atoms with Crippen LogP contribution in [0.5, 0.6) is 0 Å². The Morgan fingerprint density at radius 1 is 1.38 bits per heavy atom. The van der Waals surface area contributed by atoms with Crippen molar-refractivity contribution < 1.29 is 9.53 Å². The number of anilines is 1. The van der Waals surface area contributed by atoms with Gasteiger partial charge in [-0.15, -0.1) is 0 Å². The Bertz CT molecular complexity index is 686. The second kappa shape index (κ2) is 8.06. The number of rotatable bonds is 7. The van der Waals surface area contributed by atoms with E-state index in [-0.39, 0.29) is 11.9 Å². The number of fused-ring (bicyclic) bond motifs is 1. The van der Waals surface area contributed by atoms with Crippen LogP contribution in [0.1, 0.15) is 26.2 Å². The van der Waals surface area contributed by atoms with Gasteiger partial charge in [0.1, 0.15) is 18.2 Å². The number of amides is 1. The molecule has 1 aliphatic rings. The second-order valence-electron chi connectivity index (χ2n) is 5.91. The van der Waals surface area contributed by atoms with Gasteiger partial charge >= 0.3 is 0 Å². The highest BCUT2D eigenvalue weighted by molar-refractivity contribution is 5.93. The number of nitrogens with one attached hydrogen (secondary N) is 1. The molecule has 6 heteroatoms. The lowest BCUT2D eigenvalue weighted by Gasteiger charge is -2.25. The standard InChI is InChI=1S/C18H24N4O2/c1-2-24-12-6-10-19-18(23)16-9-5-11-22(16)17-14-7-3-4-8-15(14)20-13-21-17/h3-4,7-8,13,16H,2,5-6,9-12H2,1H3,(H,19,23). The predicted molar refractivity (Wildman–Crippen MR) is 94.0 cm³/mol. The molecule has 1 aromatic heterocycles. The third-order valence-corrected chi connectivity index (χ3v) is 4.32. The minimum atomic E-state index is -0.157. The third kappa shape index (κ3) is 3.64. The normalized spacial score (nSPS) is 17.4. The molecule has 24 heavy (non-hydrogen) atoms. The van der Waals surface area contributed by atoms with E-state index in [1.165, 1.54) is 0 Å². The summed E-state index contributed by atoms with van der Waals surface area (Å²) in [5.74, 6) is 0.930. The number of carbonyl (C=O) groups excluding carboxylic acids is 1. The zero-order chi connectivity index (χ0) is 16.8. The lowest BCUT2D eigenvalue weighted by atomic mass is 10.2. The van der Waals surface area contributed by atoms with Gasteiger partial charge in [-0.2, -0.15) is 0 Å². The number of hydrogen-bond donors (Lipinski definition) is 1. The Morgan fingerprint density at radius 3 is 3.12 bits per heavy atom.